The molecule has 0 aliphatic carbocycles. The molecule has 1 atom stereocenters. The van der Waals surface area contributed by atoms with Crippen LogP contribution in [0.25, 0.3) is 0 Å². The van der Waals surface area contributed by atoms with Gasteiger partial charge in [0.25, 0.3) is 0 Å². The summed E-state index contributed by atoms with van der Waals surface area (Å²) in [5.74, 6) is 1.70. The second-order valence-electron chi connectivity index (χ2n) is 6.27. The highest BCUT2D eigenvalue weighted by molar-refractivity contribution is 9.10. The van der Waals surface area contributed by atoms with Gasteiger partial charge in [0, 0.05) is 18.6 Å². The highest BCUT2D eigenvalue weighted by Crippen LogP contribution is 2.35. The smallest absolute Gasteiger partial charge is 0.159 e. The average molecular weight is 342 g/mol. The summed E-state index contributed by atoms with van der Waals surface area (Å²) < 4.78 is 6.71. The summed E-state index contributed by atoms with van der Waals surface area (Å²) in [6, 6.07) is 0. The first-order chi connectivity index (χ1) is 9.43. The summed E-state index contributed by atoms with van der Waals surface area (Å²) in [7, 11) is 0. The molecule has 2 rings (SSSR count). The van der Waals surface area contributed by atoms with Crippen molar-refractivity contribution in [1.29, 1.82) is 0 Å². The summed E-state index contributed by atoms with van der Waals surface area (Å²) in [5, 5.41) is 3.39. The zero-order valence-corrected chi connectivity index (χ0v) is 14.4. The van der Waals surface area contributed by atoms with Crippen molar-refractivity contribution < 1.29 is 4.74 Å². The van der Waals surface area contributed by atoms with Gasteiger partial charge in [-0.3, -0.25) is 0 Å². The van der Waals surface area contributed by atoms with Gasteiger partial charge in [-0.25, -0.2) is 9.97 Å². The predicted molar refractivity (Wildman–Crippen MR) is 85.1 cm³/mol. The Morgan fingerprint density at radius 1 is 1.35 bits per heavy atom. The molecule has 1 aliphatic heterocycles. The molecular weight excluding hydrogens is 318 g/mol. The molecule has 0 aromatic carbocycles. The molecule has 4 nitrogen and oxygen atoms in total. The minimum atomic E-state index is -0.0300. The van der Waals surface area contributed by atoms with Crippen LogP contribution >= 0.6 is 15.9 Å². The SMILES string of the molecule is CCCNc1nc(C2CCCO2)nc(C(C)(C)C)c1Br. The highest BCUT2D eigenvalue weighted by Gasteiger charge is 2.27. The Morgan fingerprint density at radius 3 is 2.65 bits per heavy atom. The van der Waals surface area contributed by atoms with Crippen molar-refractivity contribution in [3.8, 4) is 0 Å². The summed E-state index contributed by atoms with van der Waals surface area (Å²) in [4.78, 5) is 9.44. The van der Waals surface area contributed by atoms with Crippen LogP contribution in [-0.4, -0.2) is 23.1 Å². The molecule has 2 heterocycles. The lowest BCUT2D eigenvalue weighted by molar-refractivity contribution is 0.104. The maximum Gasteiger partial charge on any atom is 0.159 e. The van der Waals surface area contributed by atoms with Crippen molar-refractivity contribution in [2.45, 2.75) is 58.5 Å². The molecule has 0 spiro atoms. The third kappa shape index (κ3) is 3.50. The van der Waals surface area contributed by atoms with E-state index >= 15 is 0 Å². The van der Waals surface area contributed by atoms with Crippen LogP contribution in [0, 0.1) is 0 Å². The van der Waals surface area contributed by atoms with Gasteiger partial charge >= 0.3 is 0 Å². The van der Waals surface area contributed by atoms with Gasteiger partial charge in [-0.05, 0) is 35.2 Å². The van der Waals surface area contributed by atoms with Crippen molar-refractivity contribution in [1.82, 2.24) is 9.97 Å². The molecule has 1 aliphatic rings. The monoisotopic (exact) mass is 341 g/mol. The molecule has 1 aromatic rings. The Labute approximate surface area is 129 Å². The fourth-order valence-corrected chi connectivity index (χ4v) is 3.16. The summed E-state index contributed by atoms with van der Waals surface area (Å²) in [6.45, 7) is 10.4. The van der Waals surface area contributed by atoms with Gasteiger partial charge in [0.15, 0.2) is 5.82 Å². The summed E-state index contributed by atoms with van der Waals surface area (Å²) in [5.41, 5.74) is 1.01. The first kappa shape index (κ1) is 15.7. The lowest BCUT2D eigenvalue weighted by Crippen LogP contribution is -2.19. The van der Waals surface area contributed by atoms with Crippen LogP contribution < -0.4 is 5.32 Å². The van der Waals surface area contributed by atoms with E-state index in [1.165, 1.54) is 0 Å². The maximum atomic E-state index is 5.74. The van der Waals surface area contributed by atoms with Crippen LogP contribution in [0.15, 0.2) is 4.47 Å². The molecule has 1 aromatic heterocycles. The van der Waals surface area contributed by atoms with Crippen molar-refractivity contribution >= 4 is 21.7 Å². The average Bonchev–Trinajstić information content (AvgIpc) is 2.90. The molecule has 20 heavy (non-hydrogen) atoms. The van der Waals surface area contributed by atoms with Crippen LogP contribution in [0.4, 0.5) is 5.82 Å². The van der Waals surface area contributed by atoms with E-state index in [2.05, 4.69) is 53.9 Å². The Bertz CT molecular complexity index is 465. The Kier molecular flexibility index (Phi) is 5.02. The van der Waals surface area contributed by atoms with Gasteiger partial charge in [0.05, 0.1) is 10.2 Å². The molecule has 0 radical (unpaired) electrons. The largest absolute Gasteiger partial charge is 0.370 e. The maximum absolute atomic E-state index is 5.74. The lowest BCUT2D eigenvalue weighted by atomic mass is 9.91. The third-order valence-electron chi connectivity index (χ3n) is 3.34. The van der Waals surface area contributed by atoms with Crippen LogP contribution in [0.5, 0.6) is 0 Å². The number of hydrogen-bond donors (Lipinski definition) is 1. The fourth-order valence-electron chi connectivity index (χ4n) is 2.25. The van der Waals surface area contributed by atoms with Crippen molar-refractivity contribution in [3.63, 3.8) is 0 Å². The number of halogens is 1. The number of nitrogens with one attached hydrogen (secondary N) is 1. The standard InChI is InChI=1S/C15H24BrN3O/c1-5-8-17-14-11(16)12(15(2,3)4)18-13(19-14)10-7-6-9-20-10/h10H,5-9H2,1-4H3,(H,17,18,19). The van der Waals surface area contributed by atoms with E-state index in [9.17, 15) is 0 Å². The highest BCUT2D eigenvalue weighted by atomic mass is 79.9. The molecule has 1 N–H and O–H groups in total. The van der Waals surface area contributed by atoms with E-state index in [0.29, 0.717) is 0 Å². The summed E-state index contributed by atoms with van der Waals surface area (Å²) >= 11 is 3.66. The van der Waals surface area contributed by atoms with Crippen molar-refractivity contribution in [2.24, 2.45) is 0 Å². The number of nitrogens with zero attached hydrogens (tertiary/aromatic N) is 2. The fraction of sp³-hybridized carbons (Fsp3) is 0.733. The zero-order chi connectivity index (χ0) is 14.8. The second-order valence-corrected chi connectivity index (χ2v) is 7.06. The molecule has 1 fully saturated rings. The molecule has 112 valence electrons. The van der Waals surface area contributed by atoms with Gasteiger partial charge in [-0.2, -0.15) is 0 Å². The van der Waals surface area contributed by atoms with Crippen LogP contribution in [-0.2, 0) is 10.2 Å². The molecular formula is C15H24BrN3O. The van der Waals surface area contributed by atoms with E-state index < -0.39 is 0 Å². The number of hydrogen-bond acceptors (Lipinski definition) is 4. The Balaban J connectivity index is 2.42. The third-order valence-corrected chi connectivity index (χ3v) is 4.09. The predicted octanol–water partition coefficient (Wildman–Crippen LogP) is 4.21. The van der Waals surface area contributed by atoms with Crippen LogP contribution in [0.2, 0.25) is 0 Å². The Hall–Kier alpha value is -0.680. The first-order valence-electron chi connectivity index (χ1n) is 7.37. The lowest BCUT2D eigenvalue weighted by Gasteiger charge is -2.23. The Morgan fingerprint density at radius 2 is 2.10 bits per heavy atom. The van der Waals surface area contributed by atoms with Crippen LogP contribution in [0.3, 0.4) is 0 Å². The van der Waals surface area contributed by atoms with E-state index in [-0.39, 0.29) is 11.5 Å². The molecule has 1 unspecified atom stereocenters. The molecule has 0 saturated carbocycles. The normalized spacial score (nSPS) is 19.4. The van der Waals surface area contributed by atoms with E-state index in [1.807, 2.05) is 0 Å². The van der Waals surface area contributed by atoms with Gasteiger partial charge in [-0.1, -0.05) is 27.7 Å². The van der Waals surface area contributed by atoms with Gasteiger partial charge in [-0.15, -0.1) is 0 Å². The number of rotatable bonds is 4. The zero-order valence-electron chi connectivity index (χ0n) is 12.8. The number of aromatic nitrogens is 2. The quantitative estimate of drug-likeness (QED) is 0.890. The molecule has 0 amide bonds. The molecule has 5 heteroatoms. The second kappa shape index (κ2) is 6.39. The topological polar surface area (TPSA) is 47.0 Å². The van der Waals surface area contributed by atoms with Gasteiger partial charge in [0.1, 0.15) is 11.9 Å². The van der Waals surface area contributed by atoms with Crippen molar-refractivity contribution in [2.75, 3.05) is 18.5 Å². The van der Waals surface area contributed by atoms with E-state index in [0.717, 1.165) is 54.2 Å². The number of ether oxygens (including phenoxy) is 1. The van der Waals surface area contributed by atoms with Crippen molar-refractivity contribution in [3.05, 3.63) is 16.0 Å². The first-order valence-corrected chi connectivity index (χ1v) is 8.16. The van der Waals surface area contributed by atoms with Gasteiger partial charge < -0.3 is 10.1 Å². The molecule has 1 saturated heterocycles. The minimum absolute atomic E-state index is 0.0300. The number of anilines is 1. The van der Waals surface area contributed by atoms with Crippen LogP contribution in [0.1, 0.15) is 64.6 Å². The van der Waals surface area contributed by atoms with Gasteiger partial charge in [0.2, 0.25) is 0 Å². The minimum Gasteiger partial charge on any atom is -0.370 e. The molecule has 0 bridgehead atoms. The van der Waals surface area contributed by atoms with E-state index in [1.54, 1.807) is 0 Å². The summed E-state index contributed by atoms with van der Waals surface area (Å²) in [6.07, 6.45) is 3.22. The van der Waals surface area contributed by atoms with E-state index in [4.69, 9.17) is 9.72 Å².